The fourth-order valence-electron chi connectivity index (χ4n) is 28.7. The number of aryl methyl sites for hydroxylation is 2. The van der Waals surface area contributed by atoms with E-state index in [2.05, 4.69) is 85.2 Å². The lowest BCUT2D eigenvalue weighted by Crippen LogP contribution is -2.17. The van der Waals surface area contributed by atoms with E-state index in [-0.39, 0.29) is 23.6 Å². The number of carbonyl (C=O) groups is 7. The number of carboxylic acids is 1. The normalized spacial score (nSPS) is 25.3. The maximum atomic E-state index is 11.3. The van der Waals surface area contributed by atoms with E-state index in [1.54, 1.807) is 19.3 Å². The smallest absolute Gasteiger partial charge is 0.305 e. The maximum absolute atomic E-state index is 11.3. The van der Waals surface area contributed by atoms with Crippen LogP contribution in [0.1, 0.15) is 468 Å². The Morgan fingerprint density at radius 3 is 1.14 bits per heavy atom. The summed E-state index contributed by atoms with van der Waals surface area (Å²) in [6, 6.07) is 16.1. The summed E-state index contributed by atoms with van der Waals surface area (Å²) < 4.78 is 27.0. The lowest BCUT2D eigenvalue weighted by Gasteiger charge is -2.27. The summed E-state index contributed by atoms with van der Waals surface area (Å²) in [5, 5.41) is 27.0. The Hall–Kier alpha value is -7.75. The Morgan fingerprint density at radius 1 is 0.388 bits per heavy atom. The highest BCUT2D eigenvalue weighted by Gasteiger charge is 2.45. The lowest BCUT2D eigenvalue weighted by molar-refractivity contribution is -0.140. The molecule has 818 valence electrons. The Morgan fingerprint density at radius 2 is 0.776 bits per heavy atom. The van der Waals surface area contributed by atoms with Crippen molar-refractivity contribution in [2.24, 2.45) is 72.9 Å². The van der Waals surface area contributed by atoms with Gasteiger partial charge < -0.3 is 43.8 Å². The van der Waals surface area contributed by atoms with Crippen molar-refractivity contribution in [3.05, 3.63) is 182 Å². The van der Waals surface area contributed by atoms with Crippen LogP contribution in [0.3, 0.4) is 0 Å². The van der Waals surface area contributed by atoms with Gasteiger partial charge in [-0.15, -0.1) is 19.7 Å². The van der Waals surface area contributed by atoms with Gasteiger partial charge in [-0.25, -0.2) is 0 Å². The summed E-state index contributed by atoms with van der Waals surface area (Å²) in [6.07, 6.45) is 118. The van der Waals surface area contributed by atoms with Crippen molar-refractivity contribution in [1.29, 1.82) is 0 Å². The Balaban J connectivity index is 0.000000170. The van der Waals surface area contributed by atoms with Crippen LogP contribution in [0.2, 0.25) is 0 Å². The summed E-state index contributed by atoms with van der Waals surface area (Å²) in [4.78, 5) is 76.3. The highest BCUT2D eigenvalue weighted by molar-refractivity contribution is 5.93. The van der Waals surface area contributed by atoms with E-state index in [1.165, 1.54) is 346 Å². The van der Waals surface area contributed by atoms with Gasteiger partial charge in [0.1, 0.15) is 29.4 Å². The number of hydrogen-bond acceptors (Lipinski definition) is 14. The molecule has 17 aliphatic rings. The van der Waals surface area contributed by atoms with Crippen LogP contribution in [-0.4, -0.2) is 104 Å². The van der Waals surface area contributed by atoms with Crippen molar-refractivity contribution in [3.63, 3.8) is 0 Å². The third kappa shape index (κ3) is 43.4. The largest absolute Gasteiger partial charge is 0.504 e. The van der Waals surface area contributed by atoms with Gasteiger partial charge in [-0.2, -0.15) is 0 Å². The molecule has 17 aliphatic carbocycles. The predicted octanol–water partition coefficient (Wildman–Crippen LogP) is 33.5. The van der Waals surface area contributed by atoms with E-state index < -0.39 is 5.97 Å². The number of carboxylic acid groups (broad SMARTS) is 1. The number of rotatable bonds is 27. The van der Waals surface area contributed by atoms with Crippen LogP contribution in [0.25, 0.3) is 0 Å². The molecule has 2 aromatic carbocycles. The number of aliphatic carboxylic acids is 1. The standard InChI is InChI=1S/C22H32O3.C21H30O3.2C13H20O.C12H22O.C12H20O.C12H18O.C11H16O.C9H12O.C7H10O2/c1-24-21(23)11-8-18-6-9-20(10-7-18)25-17-19-12-15-22(16-19)13-4-2-3-5-14-22;22-20(23)10-7-17-5-8-19(9-6-17)24-16-18-11-14-21(15-18)12-3-1-2-4-13-21;1-14-11-12-6-9-13(10-12)7-4-2-3-5-8-13;1-3-5-8-13(9-6-4-2)10-7-12(14)11-13;3*13-10-11-5-8-12(9-11)6-3-1-2-4-7-12;12-10-5-8-11(9-10)6-3-1-2-4-7-11;1-2-3-4-8-5-6-9(10)7-8;1-2-9-7-4-3-6(8)5-7/h6-7,9-10,19H,2-5,8,11-17H2,1H3;5-6,8-9,18H,1-4,7,10-16H2,(H,22,23);2-3,11H,4-10H2,1H3;3-4H,1-2,5-11H2;11,13H,1-10H2;1-2,11,13H,3-10H2;1-2,10-11H,3-9H2;1-2H,3-9H2;2,7H,1,3-6H2;5H,2-4H2,1H3/b;;12-11+;;;;;;;. The van der Waals surface area contributed by atoms with E-state index >= 15 is 0 Å². The van der Waals surface area contributed by atoms with Crippen molar-refractivity contribution >= 4 is 41.4 Å². The monoisotopic (exact) mass is 2030 g/mol. The first kappa shape index (κ1) is 121. The second-order valence-electron chi connectivity index (χ2n) is 48.6. The molecule has 0 aromatic heterocycles. The molecular weight excluding hydrogens is 1830 g/mol. The molecule has 0 heterocycles. The molecular formula is C132H200O15. The number of allylic oxidation sites excluding steroid dienone is 16. The first-order chi connectivity index (χ1) is 71.4. The molecule has 19 rings (SSSR count). The predicted molar refractivity (Wildman–Crippen MR) is 601 cm³/mol. The molecule has 0 amide bonds. The second kappa shape index (κ2) is 65.6. The van der Waals surface area contributed by atoms with Crippen molar-refractivity contribution in [2.45, 2.75) is 469 Å². The number of methoxy groups -OCH3 is 2. The molecule has 0 bridgehead atoms. The highest BCUT2D eigenvalue weighted by Crippen LogP contribution is 2.57. The van der Waals surface area contributed by atoms with Crippen LogP contribution in [0.15, 0.2) is 170 Å². The minimum Gasteiger partial charge on any atom is -0.504 e. The number of Topliss-reactive ketones (excluding diaryl/α,β-unsaturated/α-hetero) is 2. The van der Waals surface area contributed by atoms with Crippen molar-refractivity contribution in [1.82, 2.24) is 0 Å². The third-order valence-corrected chi connectivity index (χ3v) is 37.5. The SMILES string of the molecule is C=CCCC1(CCC=C)CCC(=O)C1.C=CCCC1=CC(=O)CC1.CCOC1=CC(=O)CC1.CO/C=C1\CCC2(CCC=CCC2)C1.COC(=O)CCc1ccc(OCC2CCC3(CCCCCC3)C2)cc1.O=C(O)CCc1ccc(OCC2CCC3(CCCCCC3)C2)cc1.O=C1CCC2(CCC=CCC2)C1.O=CC1CCC2(CCC=CCC2)C1.OCC1CCC2(CCC=CCC2)C1.OCC1CCC2(CCCCCC2)C1. The van der Waals surface area contributed by atoms with Crippen LogP contribution in [0, 0.1) is 72.9 Å². The molecule has 11 saturated carbocycles. The van der Waals surface area contributed by atoms with Crippen molar-refractivity contribution in [2.75, 3.05) is 47.3 Å². The number of benzene rings is 2. The maximum Gasteiger partial charge on any atom is 0.305 e. The minimum atomic E-state index is -0.746. The van der Waals surface area contributed by atoms with Gasteiger partial charge in [0.25, 0.3) is 0 Å². The quantitative estimate of drug-likeness (QED) is 0.0327. The van der Waals surface area contributed by atoms with Gasteiger partial charge >= 0.3 is 11.9 Å². The Bertz CT molecular complexity index is 4390. The van der Waals surface area contributed by atoms with E-state index in [1.807, 2.05) is 67.8 Å². The van der Waals surface area contributed by atoms with Gasteiger partial charge in [0.05, 0.1) is 46.1 Å². The topological polar surface area (TPSA) is 226 Å². The molecule has 0 saturated heterocycles. The fraction of sp³-hybridized carbons (Fsp3) is 0.705. The average molecular weight is 2030 g/mol. The Kier molecular flexibility index (Phi) is 54.0. The molecule has 0 radical (unpaired) electrons. The summed E-state index contributed by atoms with van der Waals surface area (Å²) in [7, 11) is 3.19. The Labute approximate surface area is 890 Å². The van der Waals surface area contributed by atoms with Crippen molar-refractivity contribution < 1.29 is 72.6 Å². The van der Waals surface area contributed by atoms with E-state index in [0.717, 1.165) is 163 Å². The van der Waals surface area contributed by atoms with Crippen LogP contribution in [0.4, 0.5) is 0 Å². The van der Waals surface area contributed by atoms with Crippen molar-refractivity contribution in [3.8, 4) is 11.5 Å². The zero-order valence-electron chi connectivity index (χ0n) is 92.5. The fourth-order valence-corrected chi connectivity index (χ4v) is 28.7. The zero-order chi connectivity index (χ0) is 105. The van der Waals surface area contributed by atoms with Gasteiger partial charge in [0, 0.05) is 83.0 Å². The van der Waals surface area contributed by atoms with E-state index in [4.69, 9.17) is 34.3 Å². The van der Waals surface area contributed by atoms with Gasteiger partial charge in [0.2, 0.25) is 0 Å². The number of esters is 1. The lowest BCUT2D eigenvalue weighted by atomic mass is 9.77. The number of hydrogen-bond donors (Lipinski definition) is 3. The van der Waals surface area contributed by atoms with Crippen LogP contribution < -0.4 is 9.47 Å². The molecule has 15 heteroatoms. The summed E-state index contributed by atoms with van der Waals surface area (Å²) in [6.45, 7) is 16.2. The summed E-state index contributed by atoms with van der Waals surface area (Å²) in [5.74, 6) is 6.27. The number of aldehydes is 1. The second-order valence-corrected chi connectivity index (χ2v) is 48.6. The number of ketones is 4. The minimum absolute atomic E-state index is 0.158. The summed E-state index contributed by atoms with van der Waals surface area (Å²) in [5.41, 5.74) is 9.43. The first-order valence-electron chi connectivity index (χ1n) is 59.6. The summed E-state index contributed by atoms with van der Waals surface area (Å²) >= 11 is 0. The molecule has 3 N–H and O–H groups in total. The van der Waals surface area contributed by atoms with Gasteiger partial charge in [-0.05, 0) is 448 Å². The molecule has 11 fully saturated rings. The average Bonchev–Trinajstić information content (AvgIpc) is 1.71. The van der Waals surface area contributed by atoms with E-state index in [0.29, 0.717) is 118 Å². The zero-order valence-corrected chi connectivity index (χ0v) is 92.5. The molecule has 0 aliphatic heterocycles. The number of aliphatic hydroxyl groups is 2. The third-order valence-electron chi connectivity index (χ3n) is 37.5. The van der Waals surface area contributed by atoms with Crippen LogP contribution in [-0.2, 0) is 60.6 Å². The number of ether oxygens (including phenoxy) is 5. The first-order valence-corrected chi connectivity index (χ1v) is 59.6. The molecule has 147 heavy (non-hydrogen) atoms. The highest BCUT2D eigenvalue weighted by atomic mass is 16.5. The van der Waals surface area contributed by atoms with E-state index in [9.17, 15) is 33.6 Å². The number of carbonyl (C=O) groups excluding carboxylic acids is 6. The van der Waals surface area contributed by atoms with Gasteiger partial charge in [0.15, 0.2) is 11.6 Å². The molecule has 15 nitrogen and oxygen atoms in total. The molecule has 5 atom stereocenters. The number of aliphatic hydroxyl groups excluding tert-OH is 2. The molecule has 2 aromatic rings. The molecule has 5 unspecified atom stereocenters. The van der Waals surface area contributed by atoms with Gasteiger partial charge in [-0.3, -0.25) is 28.8 Å². The van der Waals surface area contributed by atoms with Gasteiger partial charge in [-0.1, -0.05) is 174 Å². The van der Waals surface area contributed by atoms with Crippen LogP contribution in [0.5, 0.6) is 11.5 Å². The van der Waals surface area contributed by atoms with Crippen LogP contribution >= 0.6 is 0 Å². The molecule has 7 spiro atoms.